The SMILES string of the molecule is CN(C)CC[C@H](CSc1ccc(F)cc1)Nc1ccc(S(=O)(=O)Nc2ncnc3cc(N4CCN(Cc5ccccc5-c5ccc(Cl)cc5)CC4)ccc23)cc1[N+](=O)[O-]. The summed E-state index contributed by atoms with van der Waals surface area (Å²) in [6.45, 7) is 4.83. The number of nitro benzene ring substituents is 1. The van der Waals surface area contributed by atoms with Gasteiger partial charge >= 0.3 is 0 Å². The second kappa shape index (κ2) is 18.7. The van der Waals surface area contributed by atoms with Crippen LogP contribution in [-0.2, 0) is 16.6 Å². The maximum atomic E-state index is 13.7. The summed E-state index contributed by atoms with van der Waals surface area (Å²) in [6.07, 6.45) is 1.95. The average molecular weight is 855 g/mol. The first-order valence-corrected chi connectivity index (χ1v) is 21.9. The molecule has 16 heteroatoms. The molecule has 1 aromatic heterocycles. The third-order valence-corrected chi connectivity index (χ3v) is 12.9. The zero-order valence-corrected chi connectivity index (χ0v) is 35.0. The fraction of sp³-hybridized carbons (Fsp3) is 0.256. The summed E-state index contributed by atoms with van der Waals surface area (Å²) in [5.41, 5.74) is 4.91. The van der Waals surface area contributed by atoms with Crippen LogP contribution in [0.1, 0.15) is 12.0 Å². The van der Waals surface area contributed by atoms with Crippen molar-refractivity contribution in [2.45, 2.75) is 28.8 Å². The van der Waals surface area contributed by atoms with Crippen LogP contribution in [0.5, 0.6) is 0 Å². The number of benzene rings is 5. The Balaban J connectivity index is 1.02. The van der Waals surface area contributed by atoms with Gasteiger partial charge in [0.1, 0.15) is 17.8 Å². The van der Waals surface area contributed by atoms with E-state index in [1.54, 1.807) is 18.2 Å². The molecule has 2 heterocycles. The van der Waals surface area contributed by atoms with Gasteiger partial charge in [0.2, 0.25) is 0 Å². The Morgan fingerprint density at radius 3 is 2.41 bits per heavy atom. The minimum absolute atomic E-state index is 0.0668. The molecule has 1 aliphatic rings. The first-order valence-electron chi connectivity index (χ1n) is 19.1. The molecule has 0 aliphatic carbocycles. The lowest BCUT2D eigenvalue weighted by atomic mass is 9.99. The molecule has 306 valence electrons. The van der Waals surface area contributed by atoms with E-state index in [4.69, 9.17) is 11.6 Å². The summed E-state index contributed by atoms with van der Waals surface area (Å²) < 4.78 is 43.5. The quantitative estimate of drug-likeness (QED) is 0.0550. The Morgan fingerprint density at radius 2 is 1.68 bits per heavy atom. The number of fused-ring (bicyclic) bond motifs is 1. The Hall–Kier alpha value is -5.32. The van der Waals surface area contributed by atoms with E-state index in [9.17, 15) is 22.9 Å². The molecule has 0 amide bonds. The van der Waals surface area contributed by atoms with Crippen molar-refractivity contribution in [2.75, 3.05) is 67.5 Å². The monoisotopic (exact) mass is 854 g/mol. The molecule has 1 atom stereocenters. The number of hydrogen-bond acceptors (Lipinski definition) is 11. The lowest BCUT2D eigenvalue weighted by Crippen LogP contribution is -2.46. The number of halogens is 2. The fourth-order valence-corrected chi connectivity index (χ4v) is 9.14. The molecule has 0 radical (unpaired) electrons. The molecule has 1 fully saturated rings. The van der Waals surface area contributed by atoms with E-state index in [2.05, 4.69) is 54.1 Å². The molecular weight excluding hydrogens is 811 g/mol. The molecule has 1 aliphatic heterocycles. The van der Waals surface area contributed by atoms with Crippen molar-refractivity contribution in [1.82, 2.24) is 19.8 Å². The summed E-state index contributed by atoms with van der Waals surface area (Å²) in [4.78, 5) is 27.7. The van der Waals surface area contributed by atoms with E-state index < -0.39 is 14.9 Å². The van der Waals surface area contributed by atoms with Crippen LogP contribution in [0, 0.1) is 15.9 Å². The highest BCUT2D eigenvalue weighted by Gasteiger charge is 2.25. The smallest absolute Gasteiger partial charge is 0.293 e. The van der Waals surface area contributed by atoms with Gasteiger partial charge in [-0.15, -0.1) is 11.8 Å². The molecule has 59 heavy (non-hydrogen) atoms. The number of rotatable bonds is 16. The van der Waals surface area contributed by atoms with Crippen LogP contribution >= 0.6 is 23.4 Å². The highest BCUT2D eigenvalue weighted by molar-refractivity contribution is 7.99. The standard InChI is InChI=1S/C43H44ClFN8O4S2/c1-50(2)20-19-34(28-58-36-14-11-33(45)12-15-36)48-40-18-16-37(26-42(40)53(54)55)59(56,57)49-43-39-17-13-35(25-41(39)46-29-47-43)52-23-21-51(22-24-52)27-31-5-3-4-6-38(31)30-7-9-32(44)10-8-30/h3-18,25-26,29,34,48H,19-24,27-28H2,1-2H3,(H,46,47,49)/t34-/m1/s1. The lowest BCUT2D eigenvalue weighted by Gasteiger charge is -2.36. The molecule has 2 N–H and O–H groups in total. The molecule has 0 bridgehead atoms. The Bertz CT molecular complexity index is 2520. The van der Waals surface area contributed by atoms with E-state index in [1.807, 2.05) is 55.4 Å². The van der Waals surface area contributed by atoms with Gasteiger partial charge in [-0.1, -0.05) is 48.0 Å². The van der Waals surface area contributed by atoms with Gasteiger partial charge in [-0.2, -0.15) is 0 Å². The summed E-state index contributed by atoms with van der Waals surface area (Å²) >= 11 is 7.63. The summed E-state index contributed by atoms with van der Waals surface area (Å²) in [6, 6.07) is 31.7. The molecule has 12 nitrogen and oxygen atoms in total. The van der Waals surface area contributed by atoms with Crippen LogP contribution in [0.4, 0.5) is 27.3 Å². The molecule has 1 saturated heterocycles. The Morgan fingerprint density at radius 1 is 0.932 bits per heavy atom. The molecule has 0 spiro atoms. The normalized spacial score (nSPS) is 14.1. The van der Waals surface area contributed by atoms with Gasteiger partial charge in [0.05, 0.1) is 15.3 Å². The van der Waals surface area contributed by atoms with Crippen molar-refractivity contribution in [1.29, 1.82) is 0 Å². The largest absolute Gasteiger partial charge is 0.376 e. The number of nitro groups is 1. The second-order valence-corrected chi connectivity index (χ2v) is 17.8. The summed E-state index contributed by atoms with van der Waals surface area (Å²) in [5.74, 6) is 0.277. The third kappa shape index (κ3) is 10.7. The van der Waals surface area contributed by atoms with E-state index >= 15 is 0 Å². The van der Waals surface area contributed by atoms with E-state index in [0.29, 0.717) is 34.6 Å². The highest BCUT2D eigenvalue weighted by Crippen LogP contribution is 2.33. The van der Waals surface area contributed by atoms with Gasteiger partial charge < -0.3 is 15.1 Å². The predicted molar refractivity (Wildman–Crippen MR) is 236 cm³/mol. The summed E-state index contributed by atoms with van der Waals surface area (Å²) in [5, 5.41) is 16.8. The molecular formula is C43H44ClFN8O4S2. The number of nitrogens with one attached hydrogen (secondary N) is 2. The van der Waals surface area contributed by atoms with Gasteiger partial charge in [-0.05, 0) is 110 Å². The van der Waals surface area contributed by atoms with Gasteiger partial charge in [0, 0.05) is 71.6 Å². The minimum atomic E-state index is -4.30. The van der Waals surface area contributed by atoms with Gasteiger partial charge in [0.15, 0.2) is 5.82 Å². The second-order valence-electron chi connectivity index (χ2n) is 14.6. The number of anilines is 3. The highest BCUT2D eigenvalue weighted by atomic mass is 35.5. The van der Waals surface area contributed by atoms with Gasteiger partial charge in [-0.3, -0.25) is 19.7 Å². The first kappa shape index (κ1) is 41.8. The zero-order chi connectivity index (χ0) is 41.5. The topological polar surface area (TPSA) is 137 Å². The maximum absolute atomic E-state index is 13.7. The molecule has 6 aromatic rings. The van der Waals surface area contributed by atoms with Crippen LogP contribution in [-0.4, -0.2) is 91.7 Å². The van der Waals surface area contributed by atoms with Crippen molar-refractivity contribution in [3.63, 3.8) is 0 Å². The van der Waals surface area contributed by atoms with E-state index in [1.165, 1.54) is 53.5 Å². The lowest BCUT2D eigenvalue weighted by molar-refractivity contribution is -0.384. The van der Waals surface area contributed by atoms with Crippen LogP contribution in [0.3, 0.4) is 0 Å². The number of piperazine rings is 1. The minimum Gasteiger partial charge on any atom is -0.376 e. The molecule has 0 saturated carbocycles. The average Bonchev–Trinajstić information content (AvgIpc) is 3.23. The molecule has 7 rings (SSSR count). The Kier molecular flexibility index (Phi) is 13.3. The molecule has 0 unspecified atom stereocenters. The number of hydrogen-bond donors (Lipinski definition) is 2. The van der Waals surface area contributed by atoms with Crippen molar-refractivity contribution >= 4 is 67.2 Å². The predicted octanol–water partition coefficient (Wildman–Crippen LogP) is 8.65. The van der Waals surface area contributed by atoms with Crippen LogP contribution in [0.2, 0.25) is 5.02 Å². The van der Waals surface area contributed by atoms with Crippen molar-refractivity contribution in [3.8, 4) is 11.1 Å². The third-order valence-electron chi connectivity index (χ3n) is 10.2. The number of sulfonamides is 1. The first-order chi connectivity index (χ1) is 28.4. The van der Waals surface area contributed by atoms with Crippen LogP contribution < -0.4 is 14.9 Å². The Labute approximate surface area is 352 Å². The fourth-order valence-electron chi connectivity index (χ4n) is 6.99. The van der Waals surface area contributed by atoms with Crippen LogP contribution in [0.25, 0.3) is 22.0 Å². The summed E-state index contributed by atoms with van der Waals surface area (Å²) in [7, 11) is -0.423. The van der Waals surface area contributed by atoms with E-state index in [0.717, 1.165) is 54.9 Å². The van der Waals surface area contributed by atoms with Crippen molar-refractivity contribution < 1.29 is 17.7 Å². The maximum Gasteiger partial charge on any atom is 0.293 e. The zero-order valence-electron chi connectivity index (χ0n) is 32.6. The van der Waals surface area contributed by atoms with Gasteiger partial charge in [-0.25, -0.2) is 22.8 Å². The van der Waals surface area contributed by atoms with E-state index in [-0.39, 0.29) is 33.9 Å². The van der Waals surface area contributed by atoms with Gasteiger partial charge in [0.25, 0.3) is 15.7 Å². The number of nitrogens with zero attached hydrogens (tertiary/aromatic N) is 6. The molecule has 5 aromatic carbocycles. The number of aromatic nitrogens is 2. The van der Waals surface area contributed by atoms with Crippen molar-refractivity contribution in [3.05, 3.63) is 142 Å². The van der Waals surface area contributed by atoms with Crippen molar-refractivity contribution in [2.24, 2.45) is 0 Å². The van der Waals surface area contributed by atoms with Crippen LogP contribution in [0.15, 0.2) is 125 Å². The number of thioether (sulfide) groups is 1.